The van der Waals surface area contributed by atoms with Gasteiger partial charge in [-0.05, 0) is 24.6 Å². The van der Waals surface area contributed by atoms with Crippen LogP contribution in [0.5, 0.6) is 0 Å². The van der Waals surface area contributed by atoms with Crippen LogP contribution in [-0.4, -0.2) is 35.4 Å². The summed E-state index contributed by atoms with van der Waals surface area (Å²) < 4.78 is 7.43. The Morgan fingerprint density at radius 3 is 2.79 bits per heavy atom. The fourth-order valence-corrected chi connectivity index (χ4v) is 2.78. The number of benzene rings is 1. The number of carbonyl (C=O) groups is 2. The molecule has 2 amide bonds. The summed E-state index contributed by atoms with van der Waals surface area (Å²) in [6, 6.07) is 5.08. The van der Waals surface area contributed by atoms with Gasteiger partial charge in [0, 0.05) is 22.9 Å². The third-order valence-corrected chi connectivity index (χ3v) is 4.20. The van der Waals surface area contributed by atoms with Crippen LogP contribution in [0.15, 0.2) is 22.7 Å². The van der Waals surface area contributed by atoms with Crippen molar-refractivity contribution in [2.24, 2.45) is 5.73 Å². The van der Waals surface area contributed by atoms with Crippen LogP contribution in [0.4, 0.5) is 10.6 Å². The Labute approximate surface area is 148 Å². The number of anilines is 1. The first-order chi connectivity index (χ1) is 11.5. The second-order valence-electron chi connectivity index (χ2n) is 5.38. The molecule has 1 aromatic heterocycles. The van der Waals surface area contributed by atoms with Gasteiger partial charge in [-0.1, -0.05) is 29.3 Å². The summed E-state index contributed by atoms with van der Waals surface area (Å²) in [5.74, 6) is 0.0590. The van der Waals surface area contributed by atoms with Crippen LogP contribution in [0.2, 0.25) is 0 Å². The minimum Gasteiger partial charge on any atom is -0.469 e. The maximum Gasteiger partial charge on any atom is 0.320 e. The number of nitrogens with zero attached hydrogens (tertiary/aromatic N) is 3. The molecule has 2 N–H and O–H groups in total. The number of hydrogen-bond donors (Lipinski definition) is 1. The first-order valence-electron chi connectivity index (χ1n) is 7.77. The standard InChI is InChI=1S/C16H21BrN4O3/c1-3-4-8-21-13-10-11(17)5-6-12(13)15(19-21)20(16(18)23)9-7-14(22)24-2/h5-6,10H,3-4,7-9H2,1-2H3,(H2,18,23). The maximum atomic E-state index is 11.9. The van der Waals surface area contributed by atoms with E-state index in [0.29, 0.717) is 5.82 Å². The highest BCUT2D eigenvalue weighted by atomic mass is 79.9. The quantitative estimate of drug-likeness (QED) is 0.728. The largest absolute Gasteiger partial charge is 0.469 e. The number of nitrogens with two attached hydrogens (primary N) is 1. The van der Waals surface area contributed by atoms with Crippen LogP contribution in [0.1, 0.15) is 26.2 Å². The van der Waals surface area contributed by atoms with Crippen LogP contribution < -0.4 is 10.6 Å². The molecule has 0 saturated heterocycles. The lowest BCUT2D eigenvalue weighted by atomic mass is 10.2. The van der Waals surface area contributed by atoms with Crippen molar-refractivity contribution in [2.75, 3.05) is 18.6 Å². The number of amides is 2. The number of ether oxygens (including phenoxy) is 1. The molecule has 0 bridgehead atoms. The zero-order valence-electron chi connectivity index (χ0n) is 13.8. The Balaban J connectivity index is 2.44. The molecule has 0 fully saturated rings. The molecule has 2 aromatic rings. The lowest BCUT2D eigenvalue weighted by Crippen LogP contribution is -2.38. The number of hydrogen-bond acceptors (Lipinski definition) is 4. The van der Waals surface area contributed by atoms with E-state index < -0.39 is 12.0 Å². The van der Waals surface area contributed by atoms with Crippen molar-refractivity contribution >= 4 is 44.7 Å². The molecule has 0 aliphatic carbocycles. The molecule has 130 valence electrons. The van der Waals surface area contributed by atoms with Gasteiger partial charge < -0.3 is 10.5 Å². The van der Waals surface area contributed by atoms with Crippen LogP contribution in [0, 0.1) is 0 Å². The first-order valence-corrected chi connectivity index (χ1v) is 8.57. The van der Waals surface area contributed by atoms with Gasteiger partial charge in [0.05, 0.1) is 19.0 Å². The first kappa shape index (κ1) is 18.3. The summed E-state index contributed by atoms with van der Waals surface area (Å²) >= 11 is 3.46. The van der Waals surface area contributed by atoms with Gasteiger partial charge in [-0.15, -0.1) is 0 Å². The van der Waals surface area contributed by atoms with Gasteiger partial charge in [0.2, 0.25) is 0 Å². The number of fused-ring (bicyclic) bond motifs is 1. The molecular weight excluding hydrogens is 376 g/mol. The third-order valence-electron chi connectivity index (χ3n) is 3.71. The van der Waals surface area contributed by atoms with Crippen molar-refractivity contribution in [3.8, 4) is 0 Å². The zero-order valence-corrected chi connectivity index (χ0v) is 15.4. The molecule has 0 aliphatic rings. The number of aryl methyl sites for hydroxylation is 1. The molecule has 0 atom stereocenters. The highest BCUT2D eigenvalue weighted by Gasteiger charge is 2.21. The summed E-state index contributed by atoms with van der Waals surface area (Å²) in [7, 11) is 1.31. The molecule has 8 heteroatoms. The van der Waals surface area contributed by atoms with E-state index in [4.69, 9.17) is 5.73 Å². The second-order valence-corrected chi connectivity index (χ2v) is 6.29. The highest BCUT2D eigenvalue weighted by Crippen LogP contribution is 2.29. The molecule has 0 radical (unpaired) electrons. The van der Waals surface area contributed by atoms with Crippen molar-refractivity contribution in [1.82, 2.24) is 9.78 Å². The topological polar surface area (TPSA) is 90.4 Å². The smallest absolute Gasteiger partial charge is 0.320 e. The second kappa shape index (κ2) is 8.14. The molecule has 24 heavy (non-hydrogen) atoms. The number of aromatic nitrogens is 2. The molecule has 0 saturated carbocycles. The van der Waals surface area contributed by atoms with E-state index in [1.807, 2.05) is 22.9 Å². The van der Waals surface area contributed by atoms with Gasteiger partial charge in [-0.3, -0.25) is 14.4 Å². The van der Waals surface area contributed by atoms with Crippen molar-refractivity contribution in [2.45, 2.75) is 32.7 Å². The number of esters is 1. The average molecular weight is 397 g/mol. The number of methoxy groups -OCH3 is 1. The van der Waals surface area contributed by atoms with Gasteiger partial charge >= 0.3 is 12.0 Å². The Hall–Kier alpha value is -2.09. The van der Waals surface area contributed by atoms with Gasteiger partial charge in [0.1, 0.15) is 0 Å². The zero-order chi connectivity index (χ0) is 17.7. The normalized spacial score (nSPS) is 10.8. The highest BCUT2D eigenvalue weighted by molar-refractivity contribution is 9.10. The minimum atomic E-state index is -0.649. The molecule has 1 aromatic carbocycles. The van der Waals surface area contributed by atoms with E-state index in [1.165, 1.54) is 12.0 Å². The fourth-order valence-electron chi connectivity index (χ4n) is 2.43. The Morgan fingerprint density at radius 1 is 1.42 bits per heavy atom. The summed E-state index contributed by atoms with van der Waals surface area (Å²) in [4.78, 5) is 24.6. The van der Waals surface area contributed by atoms with Crippen molar-refractivity contribution < 1.29 is 14.3 Å². The number of urea groups is 1. The van der Waals surface area contributed by atoms with E-state index in [-0.39, 0.29) is 13.0 Å². The van der Waals surface area contributed by atoms with Gasteiger partial charge in [0.15, 0.2) is 5.82 Å². The van der Waals surface area contributed by atoms with E-state index in [1.54, 1.807) is 0 Å². The Kier molecular flexibility index (Phi) is 6.19. The SMILES string of the molecule is CCCCn1nc(N(CCC(=O)OC)C(N)=O)c2ccc(Br)cc21. The predicted octanol–water partition coefficient (Wildman–Crippen LogP) is 3.05. The van der Waals surface area contributed by atoms with Crippen molar-refractivity contribution in [1.29, 1.82) is 0 Å². The number of halogens is 1. The molecular formula is C16H21BrN4O3. The Morgan fingerprint density at radius 2 is 2.17 bits per heavy atom. The van der Waals surface area contributed by atoms with E-state index in [9.17, 15) is 9.59 Å². The summed E-state index contributed by atoms with van der Waals surface area (Å²) in [6.07, 6.45) is 2.06. The van der Waals surface area contributed by atoms with Crippen LogP contribution in [0.3, 0.4) is 0 Å². The van der Waals surface area contributed by atoms with Crippen molar-refractivity contribution in [3.05, 3.63) is 22.7 Å². The molecule has 0 aliphatic heterocycles. The predicted molar refractivity (Wildman–Crippen MR) is 95.9 cm³/mol. The monoisotopic (exact) mass is 396 g/mol. The van der Waals surface area contributed by atoms with Gasteiger partial charge in [-0.2, -0.15) is 5.10 Å². The maximum absolute atomic E-state index is 11.9. The van der Waals surface area contributed by atoms with Crippen LogP contribution in [-0.2, 0) is 16.1 Å². The van der Waals surface area contributed by atoms with Crippen LogP contribution in [0.25, 0.3) is 10.9 Å². The average Bonchev–Trinajstić information content (AvgIpc) is 2.90. The Bertz CT molecular complexity index is 744. The summed E-state index contributed by atoms with van der Waals surface area (Å²) in [5, 5.41) is 5.38. The number of carbonyl (C=O) groups excluding carboxylic acids is 2. The number of unbranched alkanes of at least 4 members (excludes halogenated alkanes) is 1. The number of rotatable bonds is 7. The van der Waals surface area contributed by atoms with Gasteiger partial charge in [0.25, 0.3) is 0 Å². The van der Waals surface area contributed by atoms with E-state index in [2.05, 4.69) is 32.7 Å². The van der Waals surface area contributed by atoms with Crippen molar-refractivity contribution in [3.63, 3.8) is 0 Å². The van der Waals surface area contributed by atoms with E-state index >= 15 is 0 Å². The molecule has 0 spiro atoms. The van der Waals surface area contributed by atoms with Gasteiger partial charge in [-0.25, -0.2) is 4.79 Å². The van der Waals surface area contributed by atoms with E-state index in [0.717, 1.165) is 34.8 Å². The number of primary amides is 1. The molecule has 2 rings (SSSR count). The lowest BCUT2D eigenvalue weighted by Gasteiger charge is -2.17. The molecule has 1 heterocycles. The summed E-state index contributed by atoms with van der Waals surface area (Å²) in [5.41, 5.74) is 6.42. The fraction of sp³-hybridized carbons (Fsp3) is 0.438. The molecule has 0 unspecified atom stereocenters. The summed E-state index contributed by atoms with van der Waals surface area (Å²) in [6.45, 7) is 2.97. The minimum absolute atomic E-state index is 0.0548. The molecule has 7 nitrogen and oxygen atoms in total. The van der Waals surface area contributed by atoms with Crippen LogP contribution >= 0.6 is 15.9 Å². The lowest BCUT2D eigenvalue weighted by molar-refractivity contribution is -0.140. The third kappa shape index (κ3) is 4.05.